The fourth-order valence-corrected chi connectivity index (χ4v) is 2.47. The van der Waals surface area contributed by atoms with E-state index in [4.69, 9.17) is 16.3 Å². The summed E-state index contributed by atoms with van der Waals surface area (Å²) in [5.74, 6) is 0.884. The molecule has 0 atom stereocenters. The Balaban J connectivity index is 1.83. The van der Waals surface area contributed by atoms with Crippen molar-refractivity contribution < 1.29 is 9.13 Å². The van der Waals surface area contributed by atoms with Gasteiger partial charge in [-0.25, -0.2) is 9.37 Å². The Labute approximate surface area is 133 Å². The maximum Gasteiger partial charge on any atom is 0.229 e. The Morgan fingerprint density at radius 2 is 2.09 bits per heavy atom. The highest BCUT2D eigenvalue weighted by Gasteiger charge is 2.16. The highest BCUT2D eigenvalue weighted by molar-refractivity contribution is 6.31. The molecule has 1 saturated heterocycles. The van der Waals surface area contributed by atoms with Gasteiger partial charge in [-0.15, -0.1) is 0 Å². The third kappa shape index (κ3) is 3.28. The van der Waals surface area contributed by atoms with E-state index in [0.29, 0.717) is 24.8 Å². The van der Waals surface area contributed by atoms with Crippen LogP contribution in [0.3, 0.4) is 0 Å². The summed E-state index contributed by atoms with van der Waals surface area (Å²) >= 11 is 5.78. The van der Waals surface area contributed by atoms with Gasteiger partial charge in [-0.1, -0.05) is 11.6 Å². The Morgan fingerprint density at radius 3 is 2.82 bits per heavy atom. The minimum Gasteiger partial charge on any atom is -0.378 e. The second kappa shape index (κ2) is 6.46. The van der Waals surface area contributed by atoms with E-state index in [1.54, 1.807) is 12.3 Å². The molecule has 1 N–H and O–H groups in total. The van der Waals surface area contributed by atoms with Crippen LogP contribution in [0.4, 0.5) is 21.8 Å². The fraction of sp³-hybridized carbons (Fsp3) is 0.333. The lowest BCUT2D eigenvalue weighted by Crippen LogP contribution is -2.37. The molecule has 1 aromatic heterocycles. The zero-order chi connectivity index (χ0) is 15.5. The van der Waals surface area contributed by atoms with Gasteiger partial charge in [-0.05, 0) is 25.1 Å². The molecule has 0 unspecified atom stereocenters. The van der Waals surface area contributed by atoms with Crippen LogP contribution in [0.2, 0.25) is 5.02 Å². The molecule has 1 aliphatic rings. The highest BCUT2D eigenvalue weighted by atomic mass is 35.5. The summed E-state index contributed by atoms with van der Waals surface area (Å²) < 4.78 is 18.5. The Kier molecular flexibility index (Phi) is 4.40. The van der Waals surface area contributed by atoms with Crippen molar-refractivity contribution in [3.05, 3.63) is 40.8 Å². The van der Waals surface area contributed by atoms with Crippen LogP contribution in [0.5, 0.6) is 0 Å². The molecular weight excluding hydrogens is 307 g/mol. The standard InChI is InChI=1S/C15H16ClFN4O/c1-10-9-18-15(19-11-2-3-13(17)12(16)8-11)20-14(10)21-4-6-22-7-5-21/h2-3,8-9H,4-7H2,1H3,(H,18,19,20). The number of aromatic nitrogens is 2. The van der Waals surface area contributed by atoms with E-state index in [2.05, 4.69) is 20.2 Å². The average molecular weight is 323 g/mol. The Morgan fingerprint density at radius 1 is 1.32 bits per heavy atom. The van der Waals surface area contributed by atoms with E-state index in [9.17, 15) is 4.39 Å². The number of rotatable bonds is 3. The summed E-state index contributed by atoms with van der Waals surface area (Å²) in [5.41, 5.74) is 1.65. The molecule has 1 fully saturated rings. The molecule has 1 aromatic carbocycles. The lowest BCUT2D eigenvalue weighted by Gasteiger charge is -2.29. The number of nitrogens with one attached hydrogen (secondary N) is 1. The maximum absolute atomic E-state index is 13.2. The van der Waals surface area contributed by atoms with Crippen molar-refractivity contribution in [2.75, 3.05) is 36.5 Å². The summed E-state index contributed by atoms with van der Waals surface area (Å²) in [6, 6.07) is 4.41. The average Bonchev–Trinajstić information content (AvgIpc) is 2.54. The normalized spacial score (nSPS) is 15.0. The summed E-state index contributed by atoms with van der Waals surface area (Å²) in [6.45, 7) is 4.97. The van der Waals surface area contributed by atoms with Crippen molar-refractivity contribution >= 4 is 29.1 Å². The van der Waals surface area contributed by atoms with Crippen LogP contribution in [-0.4, -0.2) is 36.3 Å². The van der Waals surface area contributed by atoms with Gasteiger partial charge in [0.2, 0.25) is 5.95 Å². The van der Waals surface area contributed by atoms with Gasteiger partial charge in [-0.2, -0.15) is 4.98 Å². The highest BCUT2D eigenvalue weighted by Crippen LogP contribution is 2.24. The quantitative estimate of drug-likeness (QED) is 0.940. The summed E-state index contributed by atoms with van der Waals surface area (Å²) in [5, 5.41) is 3.11. The van der Waals surface area contributed by atoms with Gasteiger partial charge in [-0.3, -0.25) is 0 Å². The summed E-state index contributed by atoms with van der Waals surface area (Å²) in [4.78, 5) is 11.0. The number of nitrogens with zero attached hydrogens (tertiary/aromatic N) is 3. The van der Waals surface area contributed by atoms with Crippen LogP contribution in [-0.2, 0) is 4.74 Å². The van der Waals surface area contributed by atoms with Crippen LogP contribution in [0.15, 0.2) is 24.4 Å². The zero-order valence-electron chi connectivity index (χ0n) is 12.1. The first-order chi connectivity index (χ1) is 10.6. The van der Waals surface area contributed by atoms with Gasteiger partial charge >= 0.3 is 0 Å². The minimum absolute atomic E-state index is 0.0607. The first-order valence-corrected chi connectivity index (χ1v) is 7.40. The first-order valence-electron chi connectivity index (χ1n) is 7.02. The summed E-state index contributed by atoms with van der Waals surface area (Å²) in [7, 11) is 0. The largest absolute Gasteiger partial charge is 0.378 e. The van der Waals surface area contributed by atoms with Crippen molar-refractivity contribution in [1.82, 2.24) is 9.97 Å². The molecule has 2 aromatic rings. The molecule has 0 saturated carbocycles. The van der Waals surface area contributed by atoms with E-state index >= 15 is 0 Å². The van der Waals surface area contributed by atoms with Crippen molar-refractivity contribution in [1.29, 1.82) is 0 Å². The van der Waals surface area contributed by atoms with Gasteiger partial charge in [0.05, 0.1) is 18.2 Å². The molecule has 0 spiro atoms. The number of halogens is 2. The molecule has 0 aliphatic carbocycles. The molecule has 0 amide bonds. The second-order valence-corrected chi connectivity index (χ2v) is 5.46. The number of morpholine rings is 1. The van der Waals surface area contributed by atoms with Crippen LogP contribution in [0, 0.1) is 12.7 Å². The summed E-state index contributed by atoms with van der Waals surface area (Å²) in [6.07, 6.45) is 1.77. The molecule has 22 heavy (non-hydrogen) atoms. The lowest BCUT2D eigenvalue weighted by atomic mass is 10.3. The third-order valence-electron chi connectivity index (χ3n) is 3.43. The second-order valence-electron chi connectivity index (χ2n) is 5.05. The van der Waals surface area contributed by atoms with Gasteiger partial charge in [0.1, 0.15) is 11.6 Å². The van der Waals surface area contributed by atoms with E-state index in [-0.39, 0.29) is 5.02 Å². The van der Waals surface area contributed by atoms with Crippen LogP contribution in [0.1, 0.15) is 5.56 Å². The number of ether oxygens (including phenoxy) is 1. The number of hydrogen-bond donors (Lipinski definition) is 1. The number of hydrogen-bond acceptors (Lipinski definition) is 5. The maximum atomic E-state index is 13.2. The van der Waals surface area contributed by atoms with Crippen LogP contribution < -0.4 is 10.2 Å². The van der Waals surface area contributed by atoms with E-state index in [1.807, 2.05) is 6.92 Å². The van der Waals surface area contributed by atoms with E-state index < -0.39 is 5.82 Å². The minimum atomic E-state index is -0.453. The molecule has 3 rings (SSSR count). The van der Waals surface area contributed by atoms with Crippen LogP contribution >= 0.6 is 11.6 Å². The van der Waals surface area contributed by atoms with Gasteiger partial charge in [0.15, 0.2) is 0 Å². The SMILES string of the molecule is Cc1cnc(Nc2ccc(F)c(Cl)c2)nc1N1CCOCC1. The zero-order valence-corrected chi connectivity index (χ0v) is 12.9. The van der Waals surface area contributed by atoms with Gasteiger partial charge in [0, 0.05) is 30.5 Å². The smallest absolute Gasteiger partial charge is 0.229 e. The lowest BCUT2D eigenvalue weighted by molar-refractivity contribution is 0.122. The molecule has 0 bridgehead atoms. The van der Waals surface area contributed by atoms with Crippen LogP contribution in [0.25, 0.3) is 0 Å². The van der Waals surface area contributed by atoms with Crippen molar-refractivity contribution in [2.45, 2.75) is 6.92 Å². The predicted molar refractivity (Wildman–Crippen MR) is 84.5 cm³/mol. The number of anilines is 3. The Hall–Kier alpha value is -1.92. The topological polar surface area (TPSA) is 50.3 Å². The van der Waals surface area contributed by atoms with Gasteiger partial charge < -0.3 is 15.0 Å². The third-order valence-corrected chi connectivity index (χ3v) is 3.72. The molecule has 7 heteroatoms. The van der Waals surface area contributed by atoms with E-state index in [0.717, 1.165) is 24.5 Å². The monoisotopic (exact) mass is 322 g/mol. The fourth-order valence-electron chi connectivity index (χ4n) is 2.29. The number of aryl methyl sites for hydroxylation is 1. The van der Waals surface area contributed by atoms with Crippen molar-refractivity contribution in [3.63, 3.8) is 0 Å². The molecular formula is C15H16ClFN4O. The first kappa shape index (κ1) is 15.0. The van der Waals surface area contributed by atoms with Crippen molar-refractivity contribution in [2.24, 2.45) is 0 Å². The molecule has 0 radical (unpaired) electrons. The molecule has 5 nitrogen and oxygen atoms in total. The van der Waals surface area contributed by atoms with Crippen molar-refractivity contribution in [3.8, 4) is 0 Å². The molecule has 2 heterocycles. The predicted octanol–water partition coefficient (Wildman–Crippen LogP) is 3.16. The van der Waals surface area contributed by atoms with E-state index in [1.165, 1.54) is 12.1 Å². The molecule has 1 aliphatic heterocycles. The van der Waals surface area contributed by atoms with Gasteiger partial charge in [0.25, 0.3) is 0 Å². The molecule has 116 valence electrons. The number of benzene rings is 1. The Bertz CT molecular complexity index is 677.